The molecule has 1 aliphatic rings. The lowest BCUT2D eigenvalue weighted by Crippen LogP contribution is -2.35. The number of amides is 1. The van der Waals surface area contributed by atoms with Crippen LogP contribution in [0.3, 0.4) is 0 Å². The van der Waals surface area contributed by atoms with Gasteiger partial charge in [-0.2, -0.15) is 5.26 Å². The summed E-state index contributed by atoms with van der Waals surface area (Å²) in [6.07, 6.45) is 1.51. The van der Waals surface area contributed by atoms with Crippen LogP contribution >= 0.6 is 0 Å². The van der Waals surface area contributed by atoms with Gasteiger partial charge in [0.05, 0.1) is 18.8 Å². The average molecular weight is 370 g/mol. The third-order valence-corrected chi connectivity index (χ3v) is 3.99. The van der Waals surface area contributed by atoms with Gasteiger partial charge in [0.15, 0.2) is 18.1 Å². The van der Waals surface area contributed by atoms with Crippen molar-refractivity contribution in [3.8, 4) is 17.6 Å². The molecule has 0 atom stereocenters. The van der Waals surface area contributed by atoms with Gasteiger partial charge in [0.25, 0.3) is 5.91 Å². The molecule has 8 nitrogen and oxygen atoms in total. The zero-order valence-corrected chi connectivity index (χ0v) is 14.8. The monoisotopic (exact) mass is 370 g/mol. The number of furan rings is 1. The Balaban J connectivity index is 1.72. The first-order chi connectivity index (χ1) is 13.1. The molecule has 140 valence electrons. The summed E-state index contributed by atoms with van der Waals surface area (Å²) in [4.78, 5) is 26.1. The number of esters is 1. The molecule has 0 N–H and O–H groups in total. The molecule has 1 aliphatic heterocycles. The quantitative estimate of drug-likeness (QED) is 0.720. The van der Waals surface area contributed by atoms with Gasteiger partial charge in [0, 0.05) is 18.3 Å². The van der Waals surface area contributed by atoms with Gasteiger partial charge in [-0.15, -0.1) is 0 Å². The van der Waals surface area contributed by atoms with Crippen LogP contribution in [0.1, 0.15) is 22.5 Å². The Bertz CT molecular complexity index is 883. The van der Waals surface area contributed by atoms with E-state index >= 15 is 0 Å². The molecule has 0 aliphatic carbocycles. The van der Waals surface area contributed by atoms with Gasteiger partial charge >= 0.3 is 5.97 Å². The fraction of sp³-hybridized carbons (Fsp3) is 0.316. The molecule has 0 unspecified atom stereocenters. The summed E-state index contributed by atoms with van der Waals surface area (Å²) >= 11 is 0. The van der Waals surface area contributed by atoms with Gasteiger partial charge < -0.3 is 23.5 Å². The fourth-order valence-corrected chi connectivity index (χ4v) is 2.64. The highest BCUT2D eigenvalue weighted by Crippen LogP contribution is 2.34. The van der Waals surface area contributed by atoms with E-state index in [0.717, 1.165) is 0 Å². The Morgan fingerprint density at radius 2 is 2.00 bits per heavy atom. The second-order valence-electron chi connectivity index (χ2n) is 5.75. The van der Waals surface area contributed by atoms with Crippen molar-refractivity contribution in [2.45, 2.75) is 13.3 Å². The molecular weight excluding hydrogens is 352 g/mol. The summed E-state index contributed by atoms with van der Waals surface area (Å²) in [5, 5.41) is 8.88. The molecule has 1 aromatic carbocycles. The van der Waals surface area contributed by atoms with Crippen LogP contribution in [-0.4, -0.2) is 38.2 Å². The van der Waals surface area contributed by atoms with Crippen molar-refractivity contribution in [2.75, 3.05) is 31.3 Å². The molecular formula is C19H18N2O6. The number of fused-ring (bicyclic) bond motifs is 1. The molecule has 0 saturated carbocycles. The van der Waals surface area contributed by atoms with Gasteiger partial charge in [0.1, 0.15) is 24.5 Å². The van der Waals surface area contributed by atoms with Crippen molar-refractivity contribution >= 4 is 17.6 Å². The number of anilines is 1. The summed E-state index contributed by atoms with van der Waals surface area (Å²) in [5.74, 6) is 0.452. The number of rotatable bonds is 6. The molecule has 3 rings (SSSR count). The molecule has 2 aromatic rings. The summed E-state index contributed by atoms with van der Waals surface area (Å²) in [5.41, 5.74) is 0.806. The first-order valence-corrected chi connectivity index (χ1v) is 8.38. The first kappa shape index (κ1) is 18.3. The standard InChI is InChI=1S/C19H18N2O6/c1-13-15(5-8-24-13)19(23)27-12-18(22)21(7-2-6-20)14-3-4-16-17(11-14)26-10-9-25-16/h3-5,8,11H,2,7,9-10,12H2,1H3. The van der Waals surface area contributed by atoms with Gasteiger partial charge in [-0.05, 0) is 25.1 Å². The SMILES string of the molecule is Cc1occc1C(=O)OCC(=O)N(CCC#N)c1ccc2c(c1)OCCO2. The minimum Gasteiger partial charge on any atom is -0.486 e. The highest BCUT2D eigenvalue weighted by Gasteiger charge is 2.22. The van der Waals surface area contributed by atoms with Crippen LogP contribution < -0.4 is 14.4 Å². The topological polar surface area (TPSA) is 102 Å². The minimum absolute atomic E-state index is 0.134. The second kappa shape index (κ2) is 8.27. The third kappa shape index (κ3) is 4.20. The highest BCUT2D eigenvalue weighted by molar-refractivity contribution is 5.97. The molecule has 0 saturated heterocycles. The van der Waals surface area contributed by atoms with E-state index in [1.807, 2.05) is 6.07 Å². The minimum atomic E-state index is -0.642. The van der Waals surface area contributed by atoms with Crippen LogP contribution in [-0.2, 0) is 9.53 Å². The second-order valence-corrected chi connectivity index (χ2v) is 5.75. The van der Waals surface area contributed by atoms with E-state index in [-0.39, 0.29) is 18.5 Å². The molecule has 0 fully saturated rings. The molecule has 0 bridgehead atoms. The van der Waals surface area contributed by atoms with E-state index in [9.17, 15) is 9.59 Å². The maximum atomic E-state index is 12.6. The third-order valence-electron chi connectivity index (χ3n) is 3.99. The van der Waals surface area contributed by atoms with Crippen LogP contribution in [0.5, 0.6) is 11.5 Å². The van der Waals surface area contributed by atoms with Crippen molar-refractivity contribution in [3.63, 3.8) is 0 Å². The van der Waals surface area contributed by atoms with Crippen molar-refractivity contribution < 1.29 is 28.2 Å². The van der Waals surface area contributed by atoms with Gasteiger partial charge in [0.2, 0.25) is 0 Å². The van der Waals surface area contributed by atoms with Gasteiger partial charge in [-0.1, -0.05) is 0 Å². The van der Waals surface area contributed by atoms with Crippen molar-refractivity contribution in [2.24, 2.45) is 0 Å². The van der Waals surface area contributed by atoms with E-state index in [2.05, 4.69) is 0 Å². The van der Waals surface area contributed by atoms with Crippen molar-refractivity contribution in [1.82, 2.24) is 0 Å². The predicted molar refractivity (Wildman–Crippen MR) is 93.7 cm³/mol. The number of ether oxygens (including phenoxy) is 3. The Kier molecular flexibility index (Phi) is 5.61. The van der Waals surface area contributed by atoms with Gasteiger partial charge in [-0.3, -0.25) is 4.79 Å². The van der Waals surface area contributed by atoms with Crippen LogP contribution in [0.4, 0.5) is 5.69 Å². The van der Waals surface area contributed by atoms with E-state index in [1.54, 1.807) is 25.1 Å². The predicted octanol–water partition coefficient (Wildman–Crippen LogP) is 2.46. The Labute approximate surface area is 155 Å². The van der Waals surface area contributed by atoms with Gasteiger partial charge in [-0.25, -0.2) is 4.79 Å². The first-order valence-electron chi connectivity index (χ1n) is 8.38. The number of aryl methyl sites for hydroxylation is 1. The van der Waals surface area contributed by atoms with Crippen molar-refractivity contribution in [1.29, 1.82) is 5.26 Å². The van der Waals surface area contributed by atoms with E-state index in [1.165, 1.54) is 17.2 Å². The lowest BCUT2D eigenvalue weighted by atomic mass is 10.2. The molecule has 8 heteroatoms. The smallest absolute Gasteiger partial charge is 0.342 e. The molecule has 2 heterocycles. The lowest BCUT2D eigenvalue weighted by Gasteiger charge is -2.24. The van der Waals surface area contributed by atoms with Crippen LogP contribution in [0.15, 0.2) is 34.9 Å². The van der Waals surface area contributed by atoms with Crippen LogP contribution in [0.2, 0.25) is 0 Å². The average Bonchev–Trinajstić information content (AvgIpc) is 3.12. The molecule has 1 amide bonds. The Morgan fingerprint density at radius 1 is 1.22 bits per heavy atom. The van der Waals surface area contributed by atoms with Crippen LogP contribution in [0, 0.1) is 18.3 Å². The number of nitriles is 1. The molecule has 0 spiro atoms. The maximum absolute atomic E-state index is 12.6. The number of hydrogen-bond acceptors (Lipinski definition) is 7. The summed E-state index contributed by atoms with van der Waals surface area (Å²) in [6, 6.07) is 8.57. The summed E-state index contributed by atoms with van der Waals surface area (Å²) < 4.78 is 21.2. The Hall–Kier alpha value is -3.47. The highest BCUT2D eigenvalue weighted by atomic mass is 16.6. The normalized spacial score (nSPS) is 12.1. The number of carbonyl (C=O) groups is 2. The largest absolute Gasteiger partial charge is 0.486 e. The molecule has 1 aromatic heterocycles. The zero-order valence-electron chi connectivity index (χ0n) is 14.8. The van der Waals surface area contributed by atoms with Crippen molar-refractivity contribution in [3.05, 3.63) is 41.9 Å². The number of nitrogens with zero attached hydrogens (tertiary/aromatic N) is 2. The molecule has 27 heavy (non-hydrogen) atoms. The number of benzene rings is 1. The van der Waals surface area contributed by atoms with E-state index in [0.29, 0.717) is 36.2 Å². The number of carbonyl (C=O) groups excluding carboxylic acids is 2. The summed E-state index contributed by atoms with van der Waals surface area (Å²) in [6.45, 7) is 2.23. The summed E-state index contributed by atoms with van der Waals surface area (Å²) in [7, 11) is 0. The number of hydrogen-bond donors (Lipinski definition) is 0. The van der Waals surface area contributed by atoms with Crippen LogP contribution in [0.25, 0.3) is 0 Å². The zero-order chi connectivity index (χ0) is 19.2. The maximum Gasteiger partial charge on any atom is 0.342 e. The van der Waals surface area contributed by atoms with E-state index < -0.39 is 18.5 Å². The van der Waals surface area contributed by atoms with E-state index in [4.69, 9.17) is 23.9 Å². The Morgan fingerprint density at radius 3 is 2.70 bits per heavy atom. The fourth-order valence-electron chi connectivity index (χ4n) is 2.64. The molecule has 0 radical (unpaired) electrons. The lowest BCUT2D eigenvalue weighted by molar-refractivity contribution is -0.121.